The molecule has 84 valence electrons. The molecular weight excluding hydrogens is 206 g/mol. The van der Waals surface area contributed by atoms with Gasteiger partial charge in [-0.25, -0.2) is 9.80 Å². The number of phenolic OH excluding ortho intramolecular Hbond substituents is 1. The smallest absolute Gasteiger partial charge is 0.335 e. The third-order valence-electron chi connectivity index (χ3n) is 2.57. The molecule has 0 bridgehead atoms. The maximum Gasteiger partial charge on any atom is 0.335 e. The average Bonchev–Trinajstić information content (AvgIpc) is 2.61. The summed E-state index contributed by atoms with van der Waals surface area (Å²) < 4.78 is 0. The normalized spacial score (nSPS) is 19.7. The van der Waals surface area contributed by atoms with Gasteiger partial charge in [-0.2, -0.15) is 5.10 Å². The fourth-order valence-corrected chi connectivity index (χ4v) is 1.82. The summed E-state index contributed by atoms with van der Waals surface area (Å²) in [7, 11) is 0. The molecular formula is C11H13N3O2. The lowest BCUT2D eigenvalue weighted by molar-refractivity contribution is 0.196. The highest BCUT2D eigenvalue weighted by atomic mass is 16.3. The van der Waals surface area contributed by atoms with E-state index in [0.717, 1.165) is 11.3 Å². The molecule has 16 heavy (non-hydrogen) atoms. The van der Waals surface area contributed by atoms with Crippen LogP contribution in [0.25, 0.3) is 0 Å². The van der Waals surface area contributed by atoms with Crippen molar-refractivity contribution in [3.8, 4) is 5.75 Å². The Morgan fingerprint density at radius 3 is 2.69 bits per heavy atom. The number of phenols is 1. The van der Waals surface area contributed by atoms with E-state index in [9.17, 15) is 9.90 Å². The number of hydrogen-bond acceptors (Lipinski definition) is 3. The van der Waals surface area contributed by atoms with Crippen LogP contribution >= 0.6 is 0 Å². The Hall–Kier alpha value is -2.04. The second kappa shape index (κ2) is 3.84. The second-order valence-corrected chi connectivity index (χ2v) is 3.83. The Labute approximate surface area is 93.2 Å². The van der Waals surface area contributed by atoms with Gasteiger partial charge in [-0.3, -0.25) is 0 Å². The van der Waals surface area contributed by atoms with Crippen molar-refractivity contribution in [3.63, 3.8) is 0 Å². The zero-order chi connectivity index (χ0) is 11.7. The number of hydrogen-bond donors (Lipinski definition) is 2. The zero-order valence-electron chi connectivity index (χ0n) is 8.92. The first-order valence-corrected chi connectivity index (χ1v) is 4.99. The molecule has 3 N–H and O–H groups in total. The van der Waals surface area contributed by atoms with E-state index in [-0.39, 0.29) is 11.8 Å². The predicted molar refractivity (Wildman–Crippen MR) is 60.0 cm³/mol. The Balaban J connectivity index is 2.28. The number of nitrogens with zero attached hydrogens (tertiary/aromatic N) is 2. The molecule has 5 nitrogen and oxygen atoms in total. The molecule has 0 spiro atoms. The highest BCUT2D eigenvalue weighted by molar-refractivity contribution is 5.87. The third kappa shape index (κ3) is 1.84. The van der Waals surface area contributed by atoms with Gasteiger partial charge in [0.05, 0.1) is 6.04 Å². The summed E-state index contributed by atoms with van der Waals surface area (Å²) >= 11 is 0. The van der Waals surface area contributed by atoms with Gasteiger partial charge < -0.3 is 10.8 Å². The molecule has 0 aromatic heterocycles. The number of rotatable bonds is 1. The average molecular weight is 219 g/mol. The van der Waals surface area contributed by atoms with E-state index in [4.69, 9.17) is 5.73 Å². The van der Waals surface area contributed by atoms with Crippen molar-refractivity contribution in [2.24, 2.45) is 10.8 Å². The molecule has 1 unspecified atom stereocenters. The third-order valence-corrected chi connectivity index (χ3v) is 2.57. The van der Waals surface area contributed by atoms with E-state index in [1.54, 1.807) is 24.3 Å². The Kier molecular flexibility index (Phi) is 2.52. The van der Waals surface area contributed by atoms with Crippen LogP contribution in [0, 0.1) is 0 Å². The molecule has 2 rings (SSSR count). The minimum Gasteiger partial charge on any atom is -0.508 e. The number of carbonyl (C=O) groups excluding carboxylic acids is 1. The number of aromatic hydroxyl groups is 1. The molecule has 2 amide bonds. The van der Waals surface area contributed by atoms with Crippen LogP contribution in [0.2, 0.25) is 0 Å². The van der Waals surface area contributed by atoms with Crippen molar-refractivity contribution in [2.45, 2.75) is 19.4 Å². The molecule has 5 heteroatoms. The van der Waals surface area contributed by atoms with Gasteiger partial charge in [0, 0.05) is 12.1 Å². The largest absolute Gasteiger partial charge is 0.508 e. The Morgan fingerprint density at radius 1 is 1.50 bits per heavy atom. The number of hydrazone groups is 1. The van der Waals surface area contributed by atoms with Gasteiger partial charge in [0.2, 0.25) is 0 Å². The molecule has 1 aliphatic rings. The topological polar surface area (TPSA) is 78.9 Å². The van der Waals surface area contributed by atoms with Gasteiger partial charge in [-0.05, 0) is 24.6 Å². The van der Waals surface area contributed by atoms with E-state index < -0.39 is 6.03 Å². The van der Waals surface area contributed by atoms with E-state index in [1.165, 1.54) is 5.01 Å². The molecule has 1 atom stereocenters. The van der Waals surface area contributed by atoms with Crippen LogP contribution in [0.3, 0.4) is 0 Å². The molecule has 0 fully saturated rings. The first-order valence-electron chi connectivity index (χ1n) is 4.99. The van der Waals surface area contributed by atoms with Crippen LogP contribution in [-0.2, 0) is 0 Å². The first-order chi connectivity index (χ1) is 7.58. The molecule has 0 aliphatic carbocycles. The van der Waals surface area contributed by atoms with Crippen molar-refractivity contribution in [3.05, 3.63) is 29.8 Å². The van der Waals surface area contributed by atoms with Crippen LogP contribution < -0.4 is 5.73 Å². The van der Waals surface area contributed by atoms with Gasteiger partial charge in [0.1, 0.15) is 5.75 Å². The quantitative estimate of drug-likeness (QED) is 0.752. The monoisotopic (exact) mass is 219 g/mol. The van der Waals surface area contributed by atoms with Crippen LogP contribution in [0.1, 0.15) is 24.9 Å². The summed E-state index contributed by atoms with van der Waals surface area (Å²) in [5, 5.41) is 14.6. The van der Waals surface area contributed by atoms with Crippen LogP contribution in [-0.4, -0.2) is 21.9 Å². The zero-order valence-corrected chi connectivity index (χ0v) is 8.92. The number of nitrogens with two attached hydrogens (primary N) is 1. The molecule has 1 aromatic rings. The van der Waals surface area contributed by atoms with Crippen molar-refractivity contribution in [1.29, 1.82) is 0 Å². The standard InChI is InChI=1S/C11H13N3O2/c1-7-6-10(14(13-7)11(12)16)8-2-4-9(15)5-3-8/h2-5,10,15H,6H2,1H3,(H2,12,16). The van der Waals surface area contributed by atoms with Crippen molar-refractivity contribution in [1.82, 2.24) is 5.01 Å². The maximum atomic E-state index is 11.2. The van der Waals surface area contributed by atoms with Gasteiger partial charge >= 0.3 is 6.03 Å². The Morgan fingerprint density at radius 2 is 2.12 bits per heavy atom. The number of benzene rings is 1. The van der Waals surface area contributed by atoms with Crippen LogP contribution in [0.4, 0.5) is 4.79 Å². The minimum atomic E-state index is -0.560. The van der Waals surface area contributed by atoms with Gasteiger partial charge in [0.15, 0.2) is 0 Å². The van der Waals surface area contributed by atoms with Gasteiger partial charge in [-0.15, -0.1) is 0 Å². The van der Waals surface area contributed by atoms with Crippen molar-refractivity contribution >= 4 is 11.7 Å². The van der Waals surface area contributed by atoms with Crippen molar-refractivity contribution in [2.75, 3.05) is 0 Å². The maximum absolute atomic E-state index is 11.2. The molecule has 0 saturated carbocycles. The van der Waals surface area contributed by atoms with E-state index in [1.807, 2.05) is 6.92 Å². The fraction of sp³-hybridized carbons (Fsp3) is 0.273. The molecule has 1 aromatic carbocycles. The summed E-state index contributed by atoms with van der Waals surface area (Å²) in [5.74, 6) is 0.199. The lowest BCUT2D eigenvalue weighted by Crippen LogP contribution is -2.31. The lowest BCUT2D eigenvalue weighted by Gasteiger charge is -2.19. The highest BCUT2D eigenvalue weighted by Gasteiger charge is 2.29. The second-order valence-electron chi connectivity index (χ2n) is 3.83. The molecule has 1 aliphatic heterocycles. The molecule has 1 heterocycles. The van der Waals surface area contributed by atoms with Crippen LogP contribution in [0.15, 0.2) is 29.4 Å². The Bertz CT molecular complexity index is 439. The summed E-state index contributed by atoms with van der Waals surface area (Å²) in [5.41, 5.74) is 7.03. The van der Waals surface area contributed by atoms with Crippen molar-refractivity contribution < 1.29 is 9.90 Å². The highest BCUT2D eigenvalue weighted by Crippen LogP contribution is 2.30. The van der Waals surface area contributed by atoms with E-state index in [0.29, 0.717) is 6.42 Å². The summed E-state index contributed by atoms with van der Waals surface area (Å²) in [6.45, 7) is 1.86. The first kappa shape index (κ1) is 10.5. The van der Waals surface area contributed by atoms with Crippen LogP contribution in [0.5, 0.6) is 5.75 Å². The van der Waals surface area contributed by atoms with Gasteiger partial charge in [-0.1, -0.05) is 12.1 Å². The summed E-state index contributed by atoms with van der Waals surface area (Å²) in [6, 6.07) is 5.99. The summed E-state index contributed by atoms with van der Waals surface area (Å²) in [6.07, 6.45) is 0.674. The predicted octanol–water partition coefficient (Wildman–Crippen LogP) is 1.59. The number of urea groups is 1. The SMILES string of the molecule is CC1=NN(C(N)=O)C(c2ccc(O)cc2)C1. The number of carbonyl (C=O) groups is 1. The lowest BCUT2D eigenvalue weighted by atomic mass is 10.0. The summed E-state index contributed by atoms with van der Waals surface area (Å²) in [4.78, 5) is 11.2. The minimum absolute atomic E-state index is 0.155. The number of amides is 2. The molecule has 0 radical (unpaired) electrons. The van der Waals surface area contributed by atoms with E-state index in [2.05, 4.69) is 5.10 Å². The fourth-order valence-electron chi connectivity index (χ4n) is 1.82. The number of primary amides is 1. The molecule has 0 saturated heterocycles. The van der Waals surface area contributed by atoms with Gasteiger partial charge in [0.25, 0.3) is 0 Å². The van der Waals surface area contributed by atoms with E-state index >= 15 is 0 Å².